The summed E-state index contributed by atoms with van der Waals surface area (Å²) in [6.45, 7) is 9.70. The van der Waals surface area contributed by atoms with Gasteiger partial charge in [-0.05, 0) is 43.6 Å². The molecular formula is C20H30N4OS2. The van der Waals surface area contributed by atoms with Crippen molar-refractivity contribution in [2.24, 2.45) is 0 Å². The molecule has 1 N–H and O–H groups in total. The van der Waals surface area contributed by atoms with Crippen LogP contribution in [-0.2, 0) is 6.42 Å². The van der Waals surface area contributed by atoms with Crippen molar-refractivity contribution < 1.29 is 4.79 Å². The minimum Gasteiger partial charge on any atom is -0.303 e. The van der Waals surface area contributed by atoms with Crippen LogP contribution in [0, 0.1) is 0 Å². The number of hydrogen-bond donors (Lipinski definition) is 1. The number of rotatable bonds is 12. The predicted molar refractivity (Wildman–Crippen MR) is 116 cm³/mol. The summed E-state index contributed by atoms with van der Waals surface area (Å²) in [5.74, 6) is 0.843. The molecule has 0 unspecified atom stereocenters. The van der Waals surface area contributed by atoms with Gasteiger partial charge in [0.25, 0.3) is 5.91 Å². The second kappa shape index (κ2) is 12.1. The van der Waals surface area contributed by atoms with E-state index in [1.54, 1.807) is 11.8 Å². The lowest BCUT2D eigenvalue weighted by molar-refractivity contribution is 0.102. The summed E-state index contributed by atoms with van der Waals surface area (Å²) < 4.78 is 0.892. The number of benzene rings is 1. The van der Waals surface area contributed by atoms with Gasteiger partial charge < -0.3 is 4.90 Å². The van der Waals surface area contributed by atoms with E-state index in [0.717, 1.165) is 36.1 Å². The van der Waals surface area contributed by atoms with Crippen molar-refractivity contribution in [1.29, 1.82) is 0 Å². The zero-order chi connectivity index (χ0) is 19.5. The SMILES string of the molecule is CCCCCc1ccc(C(=O)Nc2nnc(SCCN(CC)CC)s2)cc1. The molecule has 27 heavy (non-hydrogen) atoms. The Balaban J connectivity index is 1.81. The second-order valence-corrected chi connectivity index (χ2v) is 8.68. The van der Waals surface area contributed by atoms with Crippen LogP contribution >= 0.6 is 23.1 Å². The predicted octanol–water partition coefficient (Wildman–Crippen LogP) is 4.96. The molecule has 1 aromatic carbocycles. The number of aryl methyl sites for hydroxylation is 1. The van der Waals surface area contributed by atoms with Crippen LogP contribution in [0.4, 0.5) is 5.13 Å². The molecule has 0 atom stereocenters. The van der Waals surface area contributed by atoms with Crippen LogP contribution < -0.4 is 5.32 Å². The van der Waals surface area contributed by atoms with Gasteiger partial charge in [0, 0.05) is 17.9 Å². The van der Waals surface area contributed by atoms with Crippen molar-refractivity contribution in [2.75, 3.05) is 30.7 Å². The average molecular weight is 407 g/mol. The van der Waals surface area contributed by atoms with Gasteiger partial charge in [0.05, 0.1) is 0 Å². The summed E-state index contributed by atoms with van der Waals surface area (Å²) in [5.41, 5.74) is 1.93. The van der Waals surface area contributed by atoms with E-state index >= 15 is 0 Å². The van der Waals surface area contributed by atoms with E-state index in [2.05, 4.69) is 41.2 Å². The van der Waals surface area contributed by atoms with Gasteiger partial charge in [-0.2, -0.15) is 0 Å². The topological polar surface area (TPSA) is 58.1 Å². The highest BCUT2D eigenvalue weighted by atomic mass is 32.2. The quantitative estimate of drug-likeness (QED) is 0.307. The van der Waals surface area contributed by atoms with Crippen molar-refractivity contribution in [3.63, 3.8) is 0 Å². The van der Waals surface area contributed by atoms with Gasteiger partial charge in [0.15, 0.2) is 4.34 Å². The molecule has 0 spiro atoms. The molecule has 0 fully saturated rings. The first-order valence-corrected chi connectivity index (χ1v) is 11.5. The molecule has 2 aromatic rings. The molecule has 0 aliphatic heterocycles. The second-order valence-electron chi connectivity index (χ2n) is 6.36. The standard InChI is InChI=1S/C20H30N4OS2/c1-4-7-8-9-16-10-12-17(13-11-16)18(25)21-19-22-23-20(27-19)26-15-14-24(5-2)6-3/h10-13H,4-9,14-15H2,1-3H3,(H,21,22,25). The van der Waals surface area contributed by atoms with E-state index in [9.17, 15) is 4.79 Å². The number of anilines is 1. The number of aromatic nitrogens is 2. The van der Waals surface area contributed by atoms with Gasteiger partial charge in [0.1, 0.15) is 0 Å². The van der Waals surface area contributed by atoms with E-state index in [0.29, 0.717) is 10.7 Å². The highest BCUT2D eigenvalue weighted by Crippen LogP contribution is 2.25. The normalized spacial score (nSPS) is 11.1. The maximum absolute atomic E-state index is 12.4. The fraction of sp³-hybridized carbons (Fsp3) is 0.550. The summed E-state index contributed by atoms with van der Waals surface area (Å²) >= 11 is 3.12. The van der Waals surface area contributed by atoms with Gasteiger partial charge >= 0.3 is 0 Å². The number of carbonyl (C=O) groups excluding carboxylic acids is 1. The first-order chi connectivity index (χ1) is 13.2. The summed E-state index contributed by atoms with van der Waals surface area (Å²) in [6.07, 6.45) is 4.73. The number of hydrogen-bond acceptors (Lipinski definition) is 6. The lowest BCUT2D eigenvalue weighted by Gasteiger charge is -2.16. The van der Waals surface area contributed by atoms with Crippen molar-refractivity contribution in [3.05, 3.63) is 35.4 Å². The maximum atomic E-state index is 12.4. The van der Waals surface area contributed by atoms with Crippen molar-refractivity contribution in [3.8, 4) is 0 Å². The third kappa shape index (κ3) is 7.60. The first kappa shape index (κ1) is 21.9. The number of nitrogens with one attached hydrogen (secondary N) is 1. The number of amides is 1. The smallest absolute Gasteiger partial charge is 0.257 e. The Kier molecular flexibility index (Phi) is 9.80. The van der Waals surface area contributed by atoms with Gasteiger partial charge in [0.2, 0.25) is 5.13 Å². The van der Waals surface area contributed by atoms with Crippen LogP contribution in [-0.4, -0.2) is 46.4 Å². The van der Waals surface area contributed by atoms with E-state index in [1.807, 2.05) is 24.3 Å². The molecule has 2 rings (SSSR count). The maximum Gasteiger partial charge on any atom is 0.257 e. The summed E-state index contributed by atoms with van der Waals surface area (Å²) in [7, 11) is 0. The summed E-state index contributed by atoms with van der Waals surface area (Å²) in [5, 5.41) is 11.7. The van der Waals surface area contributed by atoms with Crippen LogP contribution in [0.2, 0.25) is 0 Å². The first-order valence-electron chi connectivity index (χ1n) is 9.75. The number of carbonyl (C=O) groups is 1. The minimum atomic E-state index is -0.133. The average Bonchev–Trinajstić information content (AvgIpc) is 3.13. The van der Waals surface area contributed by atoms with Crippen LogP contribution in [0.3, 0.4) is 0 Å². The van der Waals surface area contributed by atoms with Crippen LogP contribution in [0.1, 0.15) is 56.0 Å². The van der Waals surface area contributed by atoms with E-state index in [4.69, 9.17) is 0 Å². The highest BCUT2D eigenvalue weighted by molar-refractivity contribution is 8.01. The number of thioether (sulfide) groups is 1. The Bertz CT molecular complexity index is 684. The molecule has 0 radical (unpaired) electrons. The monoisotopic (exact) mass is 406 g/mol. The van der Waals surface area contributed by atoms with Crippen LogP contribution in [0.15, 0.2) is 28.6 Å². The molecular weight excluding hydrogens is 376 g/mol. The van der Waals surface area contributed by atoms with Gasteiger partial charge in [-0.3, -0.25) is 10.1 Å². The molecule has 0 saturated heterocycles. The van der Waals surface area contributed by atoms with E-state index in [-0.39, 0.29) is 5.91 Å². The molecule has 0 bridgehead atoms. The number of nitrogens with zero attached hydrogens (tertiary/aromatic N) is 3. The Hall–Kier alpha value is -1.44. The zero-order valence-corrected chi connectivity index (χ0v) is 18.2. The molecule has 1 amide bonds. The fourth-order valence-electron chi connectivity index (χ4n) is 2.69. The van der Waals surface area contributed by atoms with Gasteiger partial charge in [-0.1, -0.05) is 68.8 Å². The number of unbranched alkanes of at least 4 members (excludes halogenated alkanes) is 2. The van der Waals surface area contributed by atoms with Crippen LogP contribution in [0.5, 0.6) is 0 Å². The third-order valence-corrected chi connectivity index (χ3v) is 6.39. The minimum absolute atomic E-state index is 0.133. The van der Waals surface area contributed by atoms with E-state index < -0.39 is 0 Å². The molecule has 1 heterocycles. The highest BCUT2D eigenvalue weighted by Gasteiger charge is 2.11. The van der Waals surface area contributed by atoms with Crippen LogP contribution in [0.25, 0.3) is 0 Å². The van der Waals surface area contributed by atoms with Crippen molar-refractivity contribution >= 4 is 34.1 Å². The Labute approximate surface area is 171 Å². The molecule has 1 aromatic heterocycles. The lowest BCUT2D eigenvalue weighted by Crippen LogP contribution is -2.25. The molecule has 5 nitrogen and oxygen atoms in total. The molecule has 0 aliphatic carbocycles. The largest absolute Gasteiger partial charge is 0.303 e. The molecule has 7 heteroatoms. The third-order valence-electron chi connectivity index (χ3n) is 4.44. The zero-order valence-electron chi connectivity index (χ0n) is 16.5. The van der Waals surface area contributed by atoms with Crippen molar-refractivity contribution in [2.45, 2.75) is 50.8 Å². The molecule has 0 saturated carbocycles. The van der Waals surface area contributed by atoms with Gasteiger partial charge in [-0.25, -0.2) is 0 Å². The van der Waals surface area contributed by atoms with Crippen molar-refractivity contribution in [1.82, 2.24) is 15.1 Å². The Morgan fingerprint density at radius 1 is 1.11 bits per heavy atom. The Morgan fingerprint density at radius 3 is 2.52 bits per heavy atom. The fourth-order valence-corrected chi connectivity index (χ4v) is 4.51. The lowest BCUT2D eigenvalue weighted by atomic mass is 10.1. The summed E-state index contributed by atoms with van der Waals surface area (Å²) in [4.78, 5) is 14.8. The van der Waals surface area contributed by atoms with E-state index in [1.165, 1.54) is 36.2 Å². The summed E-state index contributed by atoms with van der Waals surface area (Å²) in [6, 6.07) is 7.85. The molecule has 148 valence electrons. The van der Waals surface area contributed by atoms with Gasteiger partial charge in [-0.15, -0.1) is 10.2 Å². The molecule has 0 aliphatic rings. The Morgan fingerprint density at radius 2 is 1.85 bits per heavy atom.